The lowest BCUT2D eigenvalue weighted by molar-refractivity contribution is -0.115. The van der Waals surface area contributed by atoms with E-state index in [1.165, 1.54) is 12.3 Å². The van der Waals surface area contributed by atoms with Crippen LogP contribution in [0.15, 0.2) is 24.4 Å². The van der Waals surface area contributed by atoms with Crippen molar-refractivity contribution in [1.82, 2.24) is 4.98 Å². The van der Waals surface area contributed by atoms with Gasteiger partial charge in [-0.05, 0) is 12.1 Å². The van der Waals surface area contributed by atoms with E-state index in [0.717, 1.165) is 11.8 Å². The van der Waals surface area contributed by atoms with Crippen molar-refractivity contribution in [3.63, 3.8) is 0 Å². The van der Waals surface area contributed by atoms with Crippen LogP contribution >= 0.6 is 11.8 Å². The van der Waals surface area contributed by atoms with Gasteiger partial charge >= 0.3 is 0 Å². The number of nitrogens with zero attached hydrogens (tertiary/aromatic N) is 1. The molecule has 2 nitrogen and oxygen atoms in total. The molecule has 0 radical (unpaired) electrons. The first-order valence-electron chi connectivity index (χ1n) is 4.68. The molecule has 0 fully saturated rings. The van der Waals surface area contributed by atoms with Gasteiger partial charge in [-0.2, -0.15) is 0 Å². The molecule has 4 heteroatoms. The van der Waals surface area contributed by atoms with Gasteiger partial charge in [0.15, 0.2) is 0 Å². The zero-order valence-electron chi connectivity index (χ0n) is 9.03. The number of aromatic nitrogens is 1. The molecular formula is C11H14FNOS. The normalized spacial score (nSPS) is 13.6. The van der Waals surface area contributed by atoms with E-state index in [9.17, 15) is 9.18 Å². The molecule has 1 atom stereocenters. The van der Waals surface area contributed by atoms with Crippen molar-refractivity contribution in [1.29, 1.82) is 0 Å². The zero-order valence-corrected chi connectivity index (χ0v) is 9.84. The monoisotopic (exact) mass is 227 g/mol. The van der Waals surface area contributed by atoms with Crippen molar-refractivity contribution >= 4 is 16.9 Å². The van der Waals surface area contributed by atoms with E-state index in [4.69, 9.17) is 0 Å². The Balaban J connectivity index is 2.70. The number of hydrogen-bond donors (Lipinski definition) is 0. The molecule has 0 aliphatic carbocycles. The number of rotatable bonds is 2. The molecule has 1 rings (SSSR count). The van der Waals surface area contributed by atoms with Crippen LogP contribution in [0.25, 0.3) is 0 Å². The highest BCUT2D eigenvalue weighted by atomic mass is 32.2. The number of carbonyl (C=O) groups excluding carboxylic acids is 1. The Morgan fingerprint density at radius 3 is 2.60 bits per heavy atom. The van der Waals surface area contributed by atoms with E-state index < -0.39 is 11.3 Å². The van der Waals surface area contributed by atoms with Gasteiger partial charge in [0.05, 0.1) is 5.69 Å². The number of hydrogen-bond acceptors (Lipinski definition) is 3. The smallest absolute Gasteiger partial charge is 0.229 e. The maximum Gasteiger partial charge on any atom is 0.229 e. The van der Waals surface area contributed by atoms with Crippen molar-refractivity contribution in [2.24, 2.45) is 0 Å². The van der Waals surface area contributed by atoms with Crippen molar-refractivity contribution in [2.75, 3.05) is 0 Å². The van der Waals surface area contributed by atoms with E-state index in [-0.39, 0.29) is 10.4 Å². The van der Waals surface area contributed by atoms with Crippen molar-refractivity contribution < 1.29 is 9.18 Å². The maximum atomic E-state index is 13.6. The van der Waals surface area contributed by atoms with E-state index in [1.807, 2.05) is 20.8 Å². The van der Waals surface area contributed by atoms with Gasteiger partial charge in [0.2, 0.25) is 11.3 Å². The summed E-state index contributed by atoms with van der Waals surface area (Å²) < 4.78 is 13.4. The number of alkyl halides is 1. The van der Waals surface area contributed by atoms with E-state index in [2.05, 4.69) is 4.98 Å². The third kappa shape index (κ3) is 4.00. The molecular weight excluding hydrogens is 213 g/mol. The fourth-order valence-electron chi connectivity index (χ4n) is 1.00. The minimum absolute atomic E-state index is 0.180. The maximum absolute atomic E-state index is 13.6. The van der Waals surface area contributed by atoms with Gasteiger partial charge < -0.3 is 0 Å². The molecule has 0 N–H and O–H groups in total. The van der Waals surface area contributed by atoms with Crippen LogP contribution in [0.2, 0.25) is 0 Å². The molecule has 15 heavy (non-hydrogen) atoms. The molecule has 1 aromatic rings. The summed E-state index contributed by atoms with van der Waals surface area (Å²) in [5.41, 5.74) is 0.180. The lowest BCUT2D eigenvalue weighted by Gasteiger charge is -2.17. The molecule has 0 spiro atoms. The summed E-state index contributed by atoms with van der Waals surface area (Å²) in [7, 11) is 0. The summed E-state index contributed by atoms with van der Waals surface area (Å²) in [6, 6.07) is 4.88. The minimum Gasteiger partial charge on any atom is -0.283 e. The molecule has 1 aromatic heterocycles. The van der Waals surface area contributed by atoms with Crippen LogP contribution in [0.4, 0.5) is 4.39 Å². The van der Waals surface area contributed by atoms with Gasteiger partial charge in [-0.3, -0.25) is 9.78 Å². The summed E-state index contributed by atoms with van der Waals surface area (Å²) in [6.07, 6.45) is -0.146. The van der Waals surface area contributed by atoms with E-state index in [0.29, 0.717) is 0 Å². The Morgan fingerprint density at radius 1 is 1.47 bits per heavy atom. The SMILES string of the molecule is CC(C)(C)SC(=O)C(F)c1ccccn1. The van der Waals surface area contributed by atoms with Crippen LogP contribution in [-0.4, -0.2) is 14.8 Å². The second kappa shape index (κ2) is 4.75. The molecule has 0 aromatic carbocycles. The lowest BCUT2D eigenvalue weighted by atomic mass is 10.2. The molecule has 0 bridgehead atoms. The largest absolute Gasteiger partial charge is 0.283 e. The fourth-order valence-corrected chi connectivity index (χ4v) is 1.83. The Kier molecular flexibility index (Phi) is 3.85. The summed E-state index contributed by atoms with van der Waals surface area (Å²) in [5, 5.41) is -0.485. The van der Waals surface area contributed by atoms with Crippen LogP contribution in [0.3, 0.4) is 0 Å². The zero-order chi connectivity index (χ0) is 11.5. The highest BCUT2D eigenvalue weighted by Gasteiger charge is 2.26. The van der Waals surface area contributed by atoms with E-state index >= 15 is 0 Å². The third-order valence-electron chi connectivity index (χ3n) is 1.56. The molecule has 0 saturated heterocycles. The minimum atomic E-state index is -1.63. The van der Waals surface area contributed by atoms with Gasteiger partial charge in [0.1, 0.15) is 0 Å². The number of carbonyl (C=O) groups is 1. The summed E-state index contributed by atoms with van der Waals surface area (Å²) in [6.45, 7) is 5.63. The molecule has 1 heterocycles. The predicted octanol–water partition coefficient (Wildman–Crippen LogP) is 3.15. The highest BCUT2D eigenvalue weighted by molar-refractivity contribution is 8.14. The first-order valence-corrected chi connectivity index (χ1v) is 5.49. The molecule has 82 valence electrons. The Morgan fingerprint density at radius 2 is 2.13 bits per heavy atom. The van der Waals surface area contributed by atoms with Crippen LogP contribution in [0, 0.1) is 0 Å². The summed E-state index contributed by atoms with van der Waals surface area (Å²) in [5.74, 6) is 0. The molecule has 0 saturated carbocycles. The van der Waals surface area contributed by atoms with Crippen LogP contribution in [0.1, 0.15) is 32.6 Å². The van der Waals surface area contributed by atoms with Gasteiger partial charge in [0.25, 0.3) is 0 Å². The second-order valence-electron chi connectivity index (χ2n) is 4.15. The molecule has 1 unspecified atom stereocenters. The predicted molar refractivity (Wildman–Crippen MR) is 60.4 cm³/mol. The average Bonchev–Trinajstić information content (AvgIpc) is 2.15. The summed E-state index contributed by atoms with van der Waals surface area (Å²) in [4.78, 5) is 15.3. The van der Waals surface area contributed by atoms with Crippen molar-refractivity contribution in [3.05, 3.63) is 30.1 Å². The third-order valence-corrected chi connectivity index (χ3v) is 2.58. The van der Waals surface area contributed by atoms with Crippen molar-refractivity contribution in [2.45, 2.75) is 31.7 Å². The Hall–Kier alpha value is -0.900. The quantitative estimate of drug-likeness (QED) is 0.777. The van der Waals surface area contributed by atoms with Gasteiger partial charge in [-0.25, -0.2) is 4.39 Å². The standard InChI is InChI=1S/C11H14FNOS/c1-11(2,3)15-10(14)9(12)8-6-4-5-7-13-8/h4-7,9H,1-3H3. The number of pyridine rings is 1. The first kappa shape index (κ1) is 12.2. The van der Waals surface area contributed by atoms with Gasteiger partial charge in [0, 0.05) is 10.9 Å². The van der Waals surface area contributed by atoms with Crippen LogP contribution in [0.5, 0.6) is 0 Å². The number of halogens is 1. The van der Waals surface area contributed by atoms with Crippen LogP contribution < -0.4 is 0 Å². The van der Waals surface area contributed by atoms with Crippen LogP contribution in [-0.2, 0) is 4.79 Å². The molecule has 0 aliphatic rings. The molecule has 0 amide bonds. The number of thioether (sulfide) groups is 1. The topological polar surface area (TPSA) is 30.0 Å². The van der Waals surface area contributed by atoms with E-state index in [1.54, 1.807) is 12.1 Å². The lowest BCUT2D eigenvalue weighted by Crippen LogP contribution is -2.15. The van der Waals surface area contributed by atoms with Crippen molar-refractivity contribution in [3.8, 4) is 0 Å². The average molecular weight is 227 g/mol. The Bertz CT molecular complexity index is 334. The molecule has 0 aliphatic heterocycles. The first-order chi connectivity index (χ1) is 6.90. The van der Waals surface area contributed by atoms with Gasteiger partial charge in [-0.15, -0.1) is 0 Å². The summed E-state index contributed by atoms with van der Waals surface area (Å²) >= 11 is 1.01. The second-order valence-corrected chi connectivity index (χ2v) is 5.98. The highest BCUT2D eigenvalue weighted by Crippen LogP contribution is 2.31. The van der Waals surface area contributed by atoms with Gasteiger partial charge in [-0.1, -0.05) is 38.6 Å². The fraction of sp³-hybridized carbons (Fsp3) is 0.455. The Labute approximate surface area is 93.3 Å².